The van der Waals surface area contributed by atoms with Gasteiger partial charge in [0.2, 0.25) is 0 Å². The van der Waals surface area contributed by atoms with Crippen LogP contribution in [0.3, 0.4) is 0 Å². The van der Waals surface area contributed by atoms with Gasteiger partial charge in [0.05, 0.1) is 0 Å². The fourth-order valence-electron chi connectivity index (χ4n) is 4.64. The van der Waals surface area contributed by atoms with E-state index in [0.29, 0.717) is 5.54 Å². The summed E-state index contributed by atoms with van der Waals surface area (Å²) in [6.45, 7) is 10.7. The van der Waals surface area contributed by atoms with Crippen LogP contribution in [0.2, 0.25) is 0 Å². The van der Waals surface area contributed by atoms with Crippen molar-refractivity contribution in [1.82, 2.24) is 14.7 Å². The maximum atomic E-state index is 6.30. The quantitative estimate of drug-likeness (QED) is 0.804. The highest BCUT2D eigenvalue weighted by molar-refractivity contribution is 5.06. The molecule has 0 aromatic rings. The van der Waals surface area contributed by atoms with Crippen LogP contribution >= 0.6 is 0 Å². The number of nitrogens with two attached hydrogens (primary N) is 1. The standard InChI is InChI=1S/C15H30N4/c1-3-14-11-19(9-8-17(14)2)15(12-16)5-7-18-6-4-13(15)10-18/h13-14H,3-12,16H2,1-2H3. The van der Waals surface area contributed by atoms with E-state index in [4.69, 9.17) is 5.73 Å². The lowest BCUT2D eigenvalue weighted by molar-refractivity contribution is -0.0375. The molecule has 0 aliphatic carbocycles. The van der Waals surface area contributed by atoms with Crippen molar-refractivity contribution in [1.29, 1.82) is 0 Å². The molecule has 3 heterocycles. The molecule has 2 N–H and O–H groups in total. The molecule has 4 heteroatoms. The topological polar surface area (TPSA) is 35.7 Å². The fraction of sp³-hybridized carbons (Fsp3) is 1.00. The number of hydrogen-bond acceptors (Lipinski definition) is 4. The van der Waals surface area contributed by atoms with Gasteiger partial charge in [-0.15, -0.1) is 0 Å². The van der Waals surface area contributed by atoms with Crippen molar-refractivity contribution in [2.24, 2.45) is 11.7 Å². The first-order chi connectivity index (χ1) is 9.19. The number of likely N-dealkylation sites (N-methyl/N-ethyl adjacent to an activating group) is 1. The normalized spacial score (nSPS) is 44.7. The van der Waals surface area contributed by atoms with Crippen LogP contribution in [0.5, 0.6) is 0 Å². The summed E-state index contributed by atoms with van der Waals surface area (Å²) in [7, 11) is 2.28. The van der Waals surface area contributed by atoms with Crippen molar-refractivity contribution >= 4 is 0 Å². The third kappa shape index (κ3) is 2.23. The molecule has 2 bridgehead atoms. The van der Waals surface area contributed by atoms with Gasteiger partial charge in [-0.2, -0.15) is 0 Å². The lowest BCUT2D eigenvalue weighted by atomic mass is 9.76. The summed E-state index contributed by atoms with van der Waals surface area (Å²) in [5, 5.41) is 0. The molecule has 3 rings (SSSR count). The fourth-order valence-corrected chi connectivity index (χ4v) is 4.64. The second-order valence-corrected chi connectivity index (χ2v) is 6.83. The van der Waals surface area contributed by atoms with Crippen LogP contribution in [0.4, 0.5) is 0 Å². The summed E-state index contributed by atoms with van der Waals surface area (Å²) in [6.07, 6.45) is 3.90. The van der Waals surface area contributed by atoms with E-state index in [2.05, 4.69) is 28.7 Å². The molecule has 0 saturated carbocycles. The van der Waals surface area contributed by atoms with Crippen LogP contribution in [0, 0.1) is 5.92 Å². The van der Waals surface area contributed by atoms with Gasteiger partial charge in [0.1, 0.15) is 0 Å². The van der Waals surface area contributed by atoms with Gasteiger partial charge >= 0.3 is 0 Å². The van der Waals surface area contributed by atoms with E-state index in [1.807, 2.05) is 0 Å². The molecule has 19 heavy (non-hydrogen) atoms. The zero-order valence-electron chi connectivity index (χ0n) is 12.6. The Morgan fingerprint density at radius 2 is 2.00 bits per heavy atom. The van der Waals surface area contributed by atoms with Crippen molar-refractivity contribution in [3.8, 4) is 0 Å². The zero-order chi connectivity index (χ0) is 13.5. The van der Waals surface area contributed by atoms with Crippen molar-refractivity contribution in [2.45, 2.75) is 37.8 Å². The minimum absolute atomic E-state index is 0.307. The monoisotopic (exact) mass is 266 g/mol. The Bertz CT molecular complexity index is 321. The van der Waals surface area contributed by atoms with Crippen molar-refractivity contribution in [3.05, 3.63) is 0 Å². The summed E-state index contributed by atoms with van der Waals surface area (Å²) < 4.78 is 0. The molecule has 3 aliphatic rings. The Labute approximate surface area is 117 Å². The maximum absolute atomic E-state index is 6.30. The highest BCUT2D eigenvalue weighted by Crippen LogP contribution is 2.40. The summed E-state index contributed by atoms with van der Waals surface area (Å²) >= 11 is 0. The van der Waals surface area contributed by atoms with Gasteiger partial charge < -0.3 is 15.5 Å². The number of fused-ring (bicyclic) bond motifs is 2. The molecule has 0 radical (unpaired) electrons. The largest absolute Gasteiger partial charge is 0.329 e. The second-order valence-electron chi connectivity index (χ2n) is 6.83. The van der Waals surface area contributed by atoms with Gasteiger partial charge in [-0.05, 0) is 45.3 Å². The van der Waals surface area contributed by atoms with Crippen LogP contribution < -0.4 is 5.73 Å². The van der Waals surface area contributed by atoms with Crippen LogP contribution in [0.15, 0.2) is 0 Å². The van der Waals surface area contributed by atoms with Crippen molar-refractivity contribution < 1.29 is 0 Å². The van der Waals surface area contributed by atoms with Crippen LogP contribution in [-0.4, -0.2) is 79.1 Å². The molecule has 0 amide bonds. The highest BCUT2D eigenvalue weighted by atomic mass is 15.3. The zero-order valence-corrected chi connectivity index (χ0v) is 12.6. The summed E-state index contributed by atoms with van der Waals surface area (Å²) in [4.78, 5) is 7.94. The minimum Gasteiger partial charge on any atom is -0.329 e. The molecule has 3 aliphatic heterocycles. The molecular weight excluding hydrogens is 236 g/mol. The molecule has 0 spiro atoms. The van der Waals surface area contributed by atoms with Gasteiger partial charge in [0.25, 0.3) is 0 Å². The Balaban J connectivity index is 1.78. The first-order valence-corrected chi connectivity index (χ1v) is 8.07. The lowest BCUT2D eigenvalue weighted by Crippen LogP contribution is -2.67. The van der Waals surface area contributed by atoms with E-state index in [1.54, 1.807) is 0 Å². The molecule has 4 nitrogen and oxygen atoms in total. The molecule has 4 atom stereocenters. The predicted octanol–water partition coefficient (Wildman–Crippen LogP) is 0.436. The Morgan fingerprint density at radius 3 is 2.74 bits per heavy atom. The predicted molar refractivity (Wildman–Crippen MR) is 79.2 cm³/mol. The molecule has 0 aromatic carbocycles. The Kier molecular flexibility index (Phi) is 3.87. The number of hydrogen-bond donors (Lipinski definition) is 1. The third-order valence-corrected chi connectivity index (χ3v) is 6.12. The SMILES string of the molecule is CCC1CN(C2(CN)CCN3CCC2C3)CCN1C. The maximum Gasteiger partial charge on any atom is 0.0385 e. The van der Waals surface area contributed by atoms with E-state index in [1.165, 1.54) is 58.5 Å². The summed E-state index contributed by atoms with van der Waals surface area (Å²) in [5.41, 5.74) is 6.61. The van der Waals surface area contributed by atoms with E-state index < -0.39 is 0 Å². The van der Waals surface area contributed by atoms with Gasteiger partial charge in [-0.1, -0.05) is 6.92 Å². The first-order valence-electron chi connectivity index (χ1n) is 8.07. The molecular formula is C15H30N4. The number of rotatable bonds is 3. The van der Waals surface area contributed by atoms with Crippen LogP contribution in [0.25, 0.3) is 0 Å². The minimum atomic E-state index is 0.307. The molecule has 4 unspecified atom stereocenters. The number of piperidine rings is 1. The van der Waals surface area contributed by atoms with Gasteiger partial charge in [-0.3, -0.25) is 4.90 Å². The molecule has 3 fully saturated rings. The molecule has 3 saturated heterocycles. The smallest absolute Gasteiger partial charge is 0.0385 e. The van der Waals surface area contributed by atoms with Crippen molar-refractivity contribution in [3.63, 3.8) is 0 Å². The van der Waals surface area contributed by atoms with Crippen molar-refractivity contribution in [2.75, 3.05) is 52.9 Å². The third-order valence-electron chi connectivity index (χ3n) is 6.12. The number of piperazine rings is 1. The number of nitrogens with zero attached hydrogens (tertiary/aromatic N) is 3. The molecule has 110 valence electrons. The molecule has 0 aromatic heterocycles. The van der Waals surface area contributed by atoms with E-state index in [-0.39, 0.29) is 0 Å². The second kappa shape index (κ2) is 5.32. The first kappa shape index (κ1) is 13.8. The van der Waals surface area contributed by atoms with Gasteiger partial charge in [0, 0.05) is 44.3 Å². The van der Waals surface area contributed by atoms with E-state index >= 15 is 0 Å². The van der Waals surface area contributed by atoms with E-state index in [0.717, 1.165) is 18.5 Å². The van der Waals surface area contributed by atoms with E-state index in [9.17, 15) is 0 Å². The van der Waals surface area contributed by atoms with Crippen LogP contribution in [-0.2, 0) is 0 Å². The highest BCUT2D eigenvalue weighted by Gasteiger charge is 2.49. The average molecular weight is 266 g/mol. The van der Waals surface area contributed by atoms with Gasteiger partial charge in [0.15, 0.2) is 0 Å². The van der Waals surface area contributed by atoms with Gasteiger partial charge in [-0.25, -0.2) is 0 Å². The summed E-state index contributed by atoms with van der Waals surface area (Å²) in [6, 6.07) is 0.719. The Morgan fingerprint density at radius 1 is 1.16 bits per heavy atom. The summed E-state index contributed by atoms with van der Waals surface area (Å²) in [5.74, 6) is 0.812. The lowest BCUT2D eigenvalue weighted by Gasteiger charge is -2.54. The van der Waals surface area contributed by atoms with Crippen LogP contribution in [0.1, 0.15) is 26.2 Å². The Hall–Kier alpha value is -0.160. The average Bonchev–Trinajstić information content (AvgIpc) is 2.84.